The highest BCUT2D eigenvalue weighted by atomic mass is 32.2. The Balaban J connectivity index is 1.13. The maximum atomic E-state index is 13.9. The number of allylic oxidation sites excluding steroid dienone is 1. The zero-order chi connectivity index (χ0) is 43.1. The molecule has 4 heterocycles. The monoisotopic (exact) mass is 879 g/mol. The van der Waals surface area contributed by atoms with E-state index >= 15 is 0 Å². The van der Waals surface area contributed by atoms with Gasteiger partial charge >= 0.3 is 12.1 Å². The molecule has 0 radical (unpaired) electrons. The van der Waals surface area contributed by atoms with E-state index in [9.17, 15) is 19.2 Å². The lowest BCUT2D eigenvalue weighted by Crippen LogP contribution is -2.70. The summed E-state index contributed by atoms with van der Waals surface area (Å²) in [5.41, 5.74) is 9.23. The first-order valence-corrected chi connectivity index (χ1v) is 21.9. The number of ether oxygens (including phenoxy) is 3. The Bertz CT molecular complexity index is 2420. The van der Waals surface area contributed by atoms with Gasteiger partial charge in [0.1, 0.15) is 29.0 Å². The molecular formula is C43H41N7O8S3. The third-order valence-electron chi connectivity index (χ3n) is 9.77. The Hall–Kier alpha value is -6.37. The highest BCUT2D eigenvalue weighted by molar-refractivity contribution is 8.00. The minimum Gasteiger partial charge on any atom is -0.434 e. The zero-order valence-corrected chi connectivity index (χ0v) is 35.7. The number of hydrogen-bond acceptors (Lipinski definition) is 16. The number of oxime groups is 1. The van der Waals surface area contributed by atoms with Gasteiger partial charge in [-0.05, 0) is 23.9 Å². The first-order valence-electron chi connectivity index (χ1n) is 19.1. The van der Waals surface area contributed by atoms with Gasteiger partial charge in [-0.25, -0.2) is 14.6 Å². The largest absolute Gasteiger partial charge is 0.511 e. The van der Waals surface area contributed by atoms with Crippen LogP contribution in [0.1, 0.15) is 49.6 Å². The molecule has 3 N–H and O–H groups in total. The average Bonchev–Trinajstić information content (AvgIpc) is 3.97. The average molecular weight is 880 g/mol. The van der Waals surface area contributed by atoms with Crippen LogP contribution in [0.15, 0.2) is 119 Å². The number of rotatable bonds is 16. The first-order chi connectivity index (χ1) is 29.5. The predicted molar refractivity (Wildman–Crippen MR) is 233 cm³/mol. The summed E-state index contributed by atoms with van der Waals surface area (Å²) in [6.07, 6.45) is -0.762. The topological polar surface area (TPSA) is 198 Å². The van der Waals surface area contributed by atoms with Gasteiger partial charge in [0.05, 0.1) is 12.3 Å². The van der Waals surface area contributed by atoms with E-state index in [-0.39, 0.29) is 18.1 Å². The van der Waals surface area contributed by atoms with Crippen LogP contribution in [-0.4, -0.2) is 79.7 Å². The summed E-state index contributed by atoms with van der Waals surface area (Å²) < 4.78 is 19.6. The molecular weight excluding hydrogens is 839 g/mol. The number of carbonyl (C=O) groups excluding carboxylic acids is 4. The highest BCUT2D eigenvalue weighted by Crippen LogP contribution is 2.46. The second kappa shape index (κ2) is 18.9. The van der Waals surface area contributed by atoms with Crippen LogP contribution in [0.4, 0.5) is 9.93 Å². The lowest BCUT2D eigenvalue weighted by atomic mass is 9.78. The summed E-state index contributed by atoms with van der Waals surface area (Å²) in [6, 6.07) is 25.5. The third-order valence-corrected chi connectivity index (χ3v) is 12.2. The van der Waals surface area contributed by atoms with Crippen molar-refractivity contribution in [1.82, 2.24) is 24.8 Å². The van der Waals surface area contributed by atoms with Crippen LogP contribution in [0.2, 0.25) is 0 Å². The van der Waals surface area contributed by atoms with Gasteiger partial charge in [-0.3, -0.25) is 14.5 Å². The molecule has 1 fully saturated rings. The van der Waals surface area contributed by atoms with Crippen LogP contribution in [0.25, 0.3) is 16.8 Å². The van der Waals surface area contributed by atoms with Crippen LogP contribution in [-0.2, 0) is 39.0 Å². The molecule has 0 saturated carbocycles. The summed E-state index contributed by atoms with van der Waals surface area (Å²) in [5.74, 6) is -1.75. The number of thioether (sulfide) groups is 1. The molecule has 314 valence electrons. The fourth-order valence-corrected chi connectivity index (χ4v) is 9.23. The molecule has 0 bridgehead atoms. The van der Waals surface area contributed by atoms with Crippen molar-refractivity contribution in [3.8, 4) is 11.3 Å². The van der Waals surface area contributed by atoms with Crippen LogP contribution >= 0.6 is 34.6 Å². The van der Waals surface area contributed by atoms with Crippen molar-refractivity contribution in [2.75, 3.05) is 18.1 Å². The number of nitrogens with one attached hydrogen (secondary N) is 1. The number of β-lactam (4-membered cyclic amide) rings is 1. The zero-order valence-electron chi connectivity index (χ0n) is 33.3. The van der Waals surface area contributed by atoms with Crippen LogP contribution in [0.5, 0.6) is 0 Å². The number of nitrogens with zero attached hydrogens (tertiary/aromatic N) is 5. The van der Waals surface area contributed by atoms with E-state index in [1.807, 2.05) is 104 Å². The molecule has 5 aromatic rings. The molecule has 3 unspecified atom stereocenters. The SMILES string of the molecule is C=C(C1=C(C(=O)OC(C)OC(=O)OCCC(C)C)N2C(=O)C(NC(=O)/C=N\OC(c3ccccc3)(c3ccccc3)c3ccccc3-c3csc(N)n3)C2SC1)c1csnn1. The Morgan fingerprint density at radius 1 is 1.00 bits per heavy atom. The van der Waals surface area contributed by atoms with Crippen molar-refractivity contribution in [2.45, 2.75) is 50.5 Å². The summed E-state index contributed by atoms with van der Waals surface area (Å²) in [6.45, 7) is 9.58. The molecule has 15 nitrogen and oxygen atoms in total. The molecule has 3 aromatic carbocycles. The number of hydrogen-bond donors (Lipinski definition) is 2. The number of carbonyl (C=O) groups is 4. The normalized spacial score (nSPS) is 16.7. The fourth-order valence-electron chi connectivity index (χ4n) is 6.81. The molecule has 1 saturated heterocycles. The lowest BCUT2D eigenvalue weighted by molar-refractivity contribution is -0.169. The minimum atomic E-state index is -1.38. The second-order valence-corrected chi connectivity index (χ2v) is 16.8. The van der Waals surface area contributed by atoms with E-state index in [1.54, 1.807) is 5.38 Å². The molecule has 2 aliphatic rings. The highest BCUT2D eigenvalue weighted by Gasteiger charge is 2.55. The number of amides is 2. The van der Waals surface area contributed by atoms with E-state index in [0.717, 1.165) is 34.4 Å². The quantitative estimate of drug-likeness (QED) is 0.0257. The standard InChI is InChI=1S/C43H41N7O8S3/c1-25(2)19-20-55-42(54)57-27(4)56-40(53)37-31(26(3)33-24-61-49-48-33)22-59-39-36(38(52)50(37)39)47-35(51)21-45-58-43(28-13-7-5-8-14-28,29-15-9-6-10-16-29)32-18-12-11-17-30(32)34-23-60-41(44)46-34/h5-18,21,23-25,27,36,39H,3,19-20,22H2,1-2,4H3,(H2,44,46)(H,47,51)/b45-21-. The summed E-state index contributed by atoms with van der Waals surface area (Å²) >= 11 is 3.72. The molecule has 2 aromatic heterocycles. The molecule has 18 heteroatoms. The van der Waals surface area contributed by atoms with E-state index in [2.05, 4.69) is 31.6 Å². The van der Waals surface area contributed by atoms with Crippen molar-refractivity contribution in [2.24, 2.45) is 11.1 Å². The van der Waals surface area contributed by atoms with E-state index in [4.69, 9.17) is 24.8 Å². The van der Waals surface area contributed by atoms with Crippen LogP contribution < -0.4 is 11.1 Å². The second-order valence-electron chi connectivity index (χ2n) is 14.2. The van der Waals surface area contributed by atoms with Crippen LogP contribution in [0, 0.1) is 5.92 Å². The molecule has 0 aliphatic carbocycles. The first kappa shape index (κ1) is 42.7. The Labute approximate surface area is 363 Å². The van der Waals surface area contributed by atoms with Gasteiger partial charge in [0.15, 0.2) is 5.13 Å². The van der Waals surface area contributed by atoms with Crippen molar-refractivity contribution in [3.63, 3.8) is 0 Å². The van der Waals surface area contributed by atoms with E-state index in [0.29, 0.717) is 45.6 Å². The minimum absolute atomic E-state index is 0.117. The van der Waals surface area contributed by atoms with Gasteiger partial charge in [-0.2, -0.15) is 0 Å². The summed E-state index contributed by atoms with van der Waals surface area (Å²) in [5, 5.41) is 14.3. The fraction of sp³-hybridized carbons (Fsp3) is 0.256. The molecule has 7 rings (SSSR count). The van der Waals surface area contributed by atoms with Gasteiger partial charge in [-0.1, -0.05) is 115 Å². The molecule has 61 heavy (non-hydrogen) atoms. The van der Waals surface area contributed by atoms with Crippen LogP contribution in [0.3, 0.4) is 0 Å². The van der Waals surface area contributed by atoms with Crippen molar-refractivity contribution in [3.05, 3.63) is 136 Å². The maximum Gasteiger partial charge on any atom is 0.511 e. The summed E-state index contributed by atoms with van der Waals surface area (Å²) in [7, 11) is 0. The van der Waals surface area contributed by atoms with E-state index in [1.165, 1.54) is 34.9 Å². The van der Waals surface area contributed by atoms with Gasteiger partial charge in [0.2, 0.25) is 11.9 Å². The number of nitrogen functional groups attached to an aromatic ring is 1. The van der Waals surface area contributed by atoms with E-state index < -0.39 is 47.2 Å². The number of thiazole rings is 1. The summed E-state index contributed by atoms with van der Waals surface area (Å²) in [4.78, 5) is 65.9. The number of aromatic nitrogens is 3. The smallest absolute Gasteiger partial charge is 0.434 e. The molecule has 3 atom stereocenters. The molecule has 0 spiro atoms. The Morgan fingerprint density at radius 3 is 2.33 bits per heavy atom. The molecule has 2 amide bonds. The van der Waals surface area contributed by atoms with Crippen molar-refractivity contribution in [1.29, 1.82) is 0 Å². The number of benzene rings is 3. The van der Waals surface area contributed by atoms with Gasteiger partial charge in [-0.15, -0.1) is 28.2 Å². The van der Waals surface area contributed by atoms with Crippen molar-refractivity contribution >= 4 is 75.5 Å². The van der Waals surface area contributed by atoms with Crippen molar-refractivity contribution < 1.29 is 38.2 Å². The Kier molecular flexibility index (Phi) is 13.3. The maximum absolute atomic E-state index is 13.9. The predicted octanol–water partition coefficient (Wildman–Crippen LogP) is 6.99. The molecule has 2 aliphatic heterocycles. The number of esters is 1. The number of nitrogens with two attached hydrogens (primary N) is 1. The Morgan fingerprint density at radius 2 is 1.69 bits per heavy atom. The lowest BCUT2D eigenvalue weighted by Gasteiger charge is -2.49. The van der Waals surface area contributed by atoms with Gasteiger partial charge in [0.25, 0.3) is 11.8 Å². The number of fused-ring (bicyclic) bond motifs is 1. The van der Waals surface area contributed by atoms with Gasteiger partial charge < -0.3 is 30.1 Å². The number of anilines is 1. The third kappa shape index (κ3) is 9.20. The van der Waals surface area contributed by atoms with Gasteiger partial charge in [0, 0.05) is 56.8 Å².